The molecule has 1 rings (SSSR count). The van der Waals surface area contributed by atoms with E-state index in [0.29, 0.717) is 5.69 Å². The van der Waals surface area contributed by atoms with Gasteiger partial charge in [0, 0.05) is 11.5 Å². The molecule has 0 aliphatic carbocycles. The number of nitrogens with zero attached hydrogens (tertiary/aromatic N) is 1. The van der Waals surface area contributed by atoms with E-state index >= 15 is 0 Å². The van der Waals surface area contributed by atoms with E-state index in [2.05, 4.69) is 21.2 Å². The van der Waals surface area contributed by atoms with Crippen LogP contribution in [0.5, 0.6) is 0 Å². The van der Waals surface area contributed by atoms with E-state index in [1.807, 2.05) is 6.07 Å². The van der Waals surface area contributed by atoms with Gasteiger partial charge in [0.15, 0.2) is 0 Å². The molecule has 0 fully saturated rings. The highest BCUT2D eigenvalue weighted by atomic mass is 79.9. The molecule has 0 aliphatic rings. The van der Waals surface area contributed by atoms with E-state index in [1.54, 1.807) is 18.2 Å². The number of urea groups is 1. The standard InChI is InChI=1S/C11H13BrN2O3/c1-7(10(15)16)14(2)11(17)13-9-6-4-3-5-8(9)12/h3-7H,1-2H3,(H,13,17)(H,15,16). The minimum Gasteiger partial charge on any atom is -0.480 e. The first-order chi connectivity index (χ1) is 7.93. The van der Waals surface area contributed by atoms with Gasteiger partial charge in [-0.05, 0) is 35.0 Å². The van der Waals surface area contributed by atoms with Gasteiger partial charge < -0.3 is 15.3 Å². The number of carbonyl (C=O) groups excluding carboxylic acids is 1. The Morgan fingerprint density at radius 3 is 2.53 bits per heavy atom. The lowest BCUT2D eigenvalue weighted by Gasteiger charge is -2.22. The van der Waals surface area contributed by atoms with Crippen LogP contribution in [-0.2, 0) is 4.79 Å². The molecule has 92 valence electrons. The molecule has 1 aromatic carbocycles. The Balaban J connectivity index is 2.73. The van der Waals surface area contributed by atoms with Gasteiger partial charge in [-0.1, -0.05) is 12.1 Å². The van der Waals surface area contributed by atoms with Crippen LogP contribution in [0.15, 0.2) is 28.7 Å². The summed E-state index contributed by atoms with van der Waals surface area (Å²) in [6, 6.07) is 5.77. The van der Waals surface area contributed by atoms with Gasteiger partial charge in [0.2, 0.25) is 0 Å². The van der Waals surface area contributed by atoms with E-state index in [-0.39, 0.29) is 0 Å². The molecule has 1 unspecified atom stereocenters. The average molecular weight is 301 g/mol. The van der Waals surface area contributed by atoms with Gasteiger partial charge in [-0.15, -0.1) is 0 Å². The lowest BCUT2D eigenvalue weighted by Crippen LogP contribution is -2.42. The molecule has 0 bridgehead atoms. The van der Waals surface area contributed by atoms with E-state index in [9.17, 15) is 9.59 Å². The molecule has 2 N–H and O–H groups in total. The van der Waals surface area contributed by atoms with Crippen LogP contribution in [0.1, 0.15) is 6.92 Å². The number of amides is 2. The lowest BCUT2D eigenvalue weighted by atomic mass is 10.3. The topological polar surface area (TPSA) is 69.6 Å². The first-order valence-corrected chi connectivity index (χ1v) is 5.74. The molecule has 5 nitrogen and oxygen atoms in total. The van der Waals surface area contributed by atoms with Crippen molar-refractivity contribution in [3.8, 4) is 0 Å². The second-order valence-electron chi connectivity index (χ2n) is 3.54. The Morgan fingerprint density at radius 2 is 2.00 bits per heavy atom. The summed E-state index contributed by atoms with van der Waals surface area (Å²) in [6.07, 6.45) is 0. The number of carboxylic acid groups (broad SMARTS) is 1. The van der Waals surface area contributed by atoms with Crippen LogP contribution in [0.25, 0.3) is 0 Å². The quantitative estimate of drug-likeness (QED) is 0.900. The SMILES string of the molecule is CC(C(=O)O)N(C)C(=O)Nc1ccccc1Br. The van der Waals surface area contributed by atoms with Gasteiger partial charge in [0.25, 0.3) is 0 Å². The molecule has 2 amide bonds. The third-order valence-electron chi connectivity index (χ3n) is 2.37. The van der Waals surface area contributed by atoms with Crippen molar-refractivity contribution >= 4 is 33.6 Å². The largest absolute Gasteiger partial charge is 0.480 e. The monoisotopic (exact) mass is 300 g/mol. The predicted molar refractivity (Wildman–Crippen MR) is 68.0 cm³/mol. The van der Waals surface area contributed by atoms with E-state index < -0.39 is 18.0 Å². The molecule has 1 atom stereocenters. The van der Waals surface area contributed by atoms with Crippen LogP contribution in [0.3, 0.4) is 0 Å². The predicted octanol–water partition coefficient (Wildman–Crippen LogP) is 2.39. The zero-order valence-electron chi connectivity index (χ0n) is 9.48. The minimum absolute atomic E-state index is 0.466. The Hall–Kier alpha value is -1.56. The van der Waals surface area contributed by atoms with Crippen molar-refractivity contribution in [3.63, 3.8) is 0 Å². The number of likely N-dealkylation sites (N-methyl/N-ethyl adjacent to an activating group) is 1. The molecule has 0 aliphatic heterocycles. The number of nitrogens with one attached hydrogen (secondary N) is 1. The summed E-state index contributed by atoms with van der Waals surface area (Å²) in [6.45, 7) is 1.45. The normalized spacial score (nSPS) is 11.7. The van der Waals surface area contributed by atoms with Gasteiger partial charge in [-0.3, -0.25) is 0 Å². The van der Waals surface area contributed by atoms with Crippen LogP contribution in [-0.4, -0.2) is 35.1 Å². The van der Waals surface area contributed by atoms with Crippen molar-refractivity contribution in [2.75, 3.05) is 12.4 Å². The third-order valence-corrected chi connectivity index (χ3v) is 3.07. The van der Waals surface area contributed by atoms with Crippen molar-refractivity contribution in [3.05, 3.63) is 28.7 Å². The number of anilines is 1. The second-order valence-corrected chi connectivity index (χ2v) is 4.39. The fourth-order valence-electron chi connectivity index (χ4n) is 1.11. The third kappa shape index (κ3) is 3.45. The summed E-state index contributed by atoms with van der Waals surface area (Å²) in [4.78, 5) is 23.6. The zero-order chi connectivity index (χ0) is 13.0. The molecule has 0 heterocycles. The highest BCUT2D eigenvalue weighted by Gasteiger charge is 2.21. The van der Waals surface area contributed by atoms with Crippen molar-refractivity contribution in [1.82, 2.24) is 4.90 Å². The van der Waals surface area contributed by atoms with Crippen molar-refractivity contribution in [1.29, 1.82) is 0 Å². The van der Waals surface area contributed by atoms with E-state index in [4.69, 9.17) is 5.11 Å². The first-order valence-electron chi connectivity index (χ1n) is 4.94. The molecule has 1 aromatic rings. The van der Waals surface area contributed by atoms with E-state index in [1.165, 1.54) is 14.0 Å². The number of benzene rings is 1. The molecule has 0 radical (unpaired) electrons. The Kier molecular flexibility index (Phi) is 4.51. The second kappa shape index (κ2) is 5.67. The molecule has 6 heteroatoms. The Morgan fingerprint density at radius 1 is 1.41 bits per heavy atom. The van der Waals surface area contributed by atoms with Crippen molar-refractivity contribution < 1.29 is 14.7 Å². The molecule has 0 spiro atoms. The van der Waals surface area contributed by atoms with Crippen molar-refractivity contribution in [2.24, 2.45) is 0 Å². The number of rotatable bonds is 3. The molecule has 0 aromatic heterocycles. The Bertz CT molecular complexity index is 436. The molecule has 0 saturated heterocycles. The number of halogens is 1. The van der Waals surface area contributed by atoms with Gasteiger partial charge in [-0.25, -0.2) is 9.59 Å². The van der Waals surface area contributed by atoms with Crippen LogP contribution in [0.4, 0.5) is 10.5 Å². The number of carboxylic acids is 1. The minimum atomic E-state index is -1.05. The van der Waals surface area contributed by atoms with E-state index in [0.717, 1.165) is 9.37 Å². The summed E-state index contributed by atoms with van der Waals surface area (Å²) in [7, 11) is 1.44. The Labute approximate surface area is 108 Å². The van der Waals surface area contributed by atoms with Gasteiger partial charge in [-0.2, -0.15) is 0 Å². The fraction of sp³-hybridized carbons (Fsp3) is 0.273. The molecule has 0 saturated carbocycles. The van der Waals surface area contributed by atoms with Crippen LogP contribution >= 0.6 is 15.9 Å². The van der Waals surface area contributed by atoms with Gasteiger partial charge in [0.05, 0.1) is 5.69 Å². The van der Waals surface area contributed by atoms with Gasteiger partial charge >= 0.3 is 12.0 Å². The summed E-state index contributed by atoms with van der Waals surface area (Å²) in [5.74, 6) is -1.05. The molecule has 17 heavy (non-hydrogen) atoms. The molecular formula is C11H13BrN2O3. The number of aliphatic carboxylic acids is 1. The zero-order valence-corrected chi connectivity index (χ0v) is 11.1. The maximum absolute atomic E-state index is 11.7. The number of carbonyl (C=O) groups is 2. The highest BCUT2D eigenvalue weighted by molar-refractivity contribution is 9.10. The smallest absolute Gasteiger partial charge is 0.326 e. The number of hydrogen-bond donors (Lipinski definition) is 2. The van der Waals surface area contributed by atoms with Gasteiger partial charge in [0.1, 0.15) is 6.04 Å². The average Bonchev–Trinajstić information content (AvgIpc) is 2.30. The van der Waals surface area contributed by atoms with Crippen LogP contribution in [0, 0.1) is 0 Å². The maximum Gasteiger partial charge on any atom is 0.326 e. The fourth-order valence-corrected chi connectivity index (χ4v) is 1.49. The number of hydrogen-bond acceptors (Lipinski definition) is 2. The summed E-state index contributed by atoms with van der Waals surface area (Å²) in [5.41, 5.74) is 0.599. The maximum atomic E-state index is 11.7. The summed E-state index contributed by atoms with van der Waals surface area (Å²) >= 11 is 3.29. The van der Waals surface area contributed by atoms with Crippen molar-refractivity contribution in [2.45, 2.75) is 13.0 Å². The highest BCUT2D eigenvalue weighted by Crippen LogP contribution is 2.21. The summed E-state index contributed by atoms with van der Waals surface area (Å²) < 4.78 is 0.740. The summed E-state index contributed by atoms with van der Waals surface area (Å²) in [5, 5.41) is 11.4. The lowest BCUT2D eigenvalue weighted by molar-refractivity contribution is -0.141. The molecular weight excluding hydrogens is 288 g/mol. The van der Waals surface area contributed by atoms with Crippen LogP contribution in [0.2, 0.25) is 0 Å². The number of para-hydroxylation sites is 1. The first kappa shape index (κ1) is 13.5. The van der Waals surface area contributed by atoms with Crippen LogP contribution < -0.4 is 5.32 Å².